The van der Waals surface area contributed by atoms with Gasteiger partial charge in [0.05, 0.1) is 18.7 Å². The van der Waals surface area contributed by atoms with Gasteiger partial charge in [0.1, 0.15) is 6.17 Å². The number of alkyl halides is 1. The Morgan fingerprint density at radius 1 is 1.79 bits per heavy atom. The van der Waals surface area contributed by atoms with Gasteiger partial charge in [-0.3, -0.25) is 0 Å². The minimum absolute atomic E-state index is 0.326. The van der Waals surface area contributed by atoms with Crippen molar-refractivity contribution in [2.75, 3.05) is 7.11 Å². The van der Waals surface area contributed by atoms with Crippen LogP contribution in [0.3, 0.4) is 0 Å². The second kappa shape index (κ2) is 2.93. The normalized spacial score (nSPS) is 40.1. The predicted octanol–water partition coefficient (Wildman–Crippen LogP) is 1.05. The number of hydrogen-bond donors (Lipinski definition) is 0. The summed E-state index contributed by atoms with van der Waals surface area (Å²) in [5, 5.41) is 3.69. The summed E-state index contributed by atoms with van der Waals surface area (Å²) in [6, 6.07) is 0. The number of halogens is 1. The minimum atomic E-state index is -1.18. The van der Waals surface area contributed by atoms with Gasteiger partial charge in [-0.25, -0.2) is 9.18 Å². The Morgan fingerprint density at radius 3 is 3.14 bits per heavy atom. The molecule has 78 valence electrons. The van der Waals surface area contributed by atoms with Crippen molar-refractivity contribution >= 4 is 11.7 Å². The Balaban J connectivity index is 2.33. The summed E-state index contributed by atoms with van der Waals surface area (Å²) in [6.07, 6.45) is -0.390. The van der Waals surface area contributed by atoms with Crippen LogP contribution in [-0.4, -0.2) is 30.6 Å². The molecule has 1 heterocycles. The fourth-order valence-electron chi connectivity index (χ4n) is 2.32. The van der Waals surface area contributed by atoms with Crippen LogP contribution >= 0.6 is 0 Å². The van der Waals surface area contributed by atoms with Gasteiger partial charge < -0.3 is 9.57 Å². The molecule has 0 aromatic heterocycles. The molecule has 1 fully saturated rings. The Bertz CT molecular complexity index is 304. The Hall–Kier alpha value is -1.13. The maximum Gasteiger partial charge on any atom is 0.353 e. The van der Waals surface area contributed by atoms with Crippen molar-refractivity contribution < 1.29 is 18.8 Å². The maximum absolute atomic E-state index is 13.5. The first-order valence-electron chi connectivity index (χ1n) is 4.57. The molecule has 0 aromatic carbocycles. The second-order valence-electron chi connectivity index (χ2n) is 3.74. The molecule has 4 nitrogen and oxygen atoms in total. The van der Waals surface area contributed by atoms with E-state index < -0.39 is 23.7 Å². The van der Waals surface area contributed by atoms with Crippen molar-refractivity contribution in [3.63, 3.8) is 0 Å². The van der Waals surface area contributed by atoms with E-state index in [2.05, 4.69) is 9.89 Å². The molecule has 5 heteroatoms. The molecule has 0 radical (unpaired) electrons. The van der Waals surface area contributed by atoms with E-state index in [4.69, 9.17) is 4.84 Å². The number of carbonyl (C=O) groups is 1. The summed E-state index contributed by atoms with van der Waals surface area (Å²) < 4.78 is 18.1. The fraction of sp³-hybridized carbons (Fsp3) is 0.778. The van der Waals surface area contributed by atoms with E-state index in [1.165, 1.54) is 7.11 Å². The van der Waals surface area contributed by atoms with E-state index in [0.29, 0.717) is 18.6 Å². The zero-order chi connectivity index (χ0) is 10.3. The summed E-state index contributed by atoms with van der Waals surface area (Å²) in [7, 11) is 1.27. The molecule has 1 aliphatic carbocycles. The molecule has 1 aliphatic heterocycles. The van der Waals surface area contributed by atoms with E-state index in [1.807, 2.05) is 0 Å². The van der Waals surface area contributed by atoms with Gasteiger partial charge in [-0.05, 0) is 13.3 Å². The molecule has 0 spiro atoms. The molecule has 0 amide bonds. The van der Waals surface area contributed by atoms with Gasteiger partial charge in [0, 0.05) is 6.42 Å². The van der Waals surface area contributed by atoms with Crippen LogP contribution in [0.25, 0.3) is 0 Å². The summed E-state index contributed by atoms with van der Waals surface area (Å²) in [5.41, 5.74) is -0.640. The third kappa shape index (κ3) is 0.980. The topological polar surface area (TPSA) is 47.9 Å². The third-order valence-electron chi connectivity index (χ3n) is 2.99. The first-order chi connectivity index (χ1) is 6.62. The summed E-state index contributed by atoms with van der Waals surface area (Å²) >= 11 is 0. The van der Waals surface area contributed by atoms with Crippen molar-refractivity contribution in [2.45, 2.75) is 31.5 Å². The van der Waals surface area contributed by atoms with E-state index >= 15 is 0 Å². The number of fused-ring (bicyclic) bond motifs is 1. The van der Waals surface area contributed by atoms with Crippen molar-refractivity contribution in [1.82, 2.24) is 0 Å². The summed E-state index contributed by atoms with van der Waals surface area (Å²) in [6.45, 7) is 1.67. The first-order valence-corrected chi connectivity index (χ1v) is 4.57. The molecule has 2 rings (SSSR count). The highest BCUT2D eigenvalue weighted by molar-refractivity contribution is 5.95. The molecule has 3 unspecified atom stereocenters. The molecule has 1 saturated carbocycles. The molecule has 14 heavy (non-hydrogen) atoms. The predicted molar refractivity (Wildman–Crippen MR) is 46.6 cm³/mol. The van der Waals surface area contributed by atoms with Crippen LogP contribution in [0, 0.1) is 5.92 Å². The van der Waals surface area contributed by atoms with Crippen molar-refractivity contribution in [3.8, 4) is 0 Å². The molecule has 0 N–H and O–H groups in total. The van der Waals surface area contributed by atoms with E-state index in [-0.39, 0.29) is 0 Å². The van der Waals surface area contributed by atoms with Gasteiger partial charge in [-0.15, -0.1) is 0 Å². The van der Waals surface area contributed by atoms with E-state index in [0.717, 1.165) is 0 Å². The minimum Gasteiger partial charge on any atom is -0.466 e. The van der Waals surface area contributed by atoms with Gasteiger partial charge >= 0.3 is 5.97 Å². The number of rotatable bonds is 1. The Labute approximate surface area is 81.1 Å². The van der Waals surface area contributed by atoms with Crippen LogP contribution in [0.2, 0.25) is 0 Å². The van der Waals surface area contributed by atoms with Gasteiger partial charge in [0.15, 0.2) is 0 Å². The lowest BCUT2D eigenvalue weighted by atomic mass is 9.87. The SMILES string of the molecule is COC(=O)C12CCC(F)C1C(C)=NO2. The van der Waals surface area contributed by atoms with Crippen molar-refractivity contribution in [3.05, 3.63) is 0 Å². The number of oxime groups is 1. The summed E-state index contributed by atoms with van der Waals surface area (Å²) in [4.78, 5) is 16.6. The zero-order valence-electron chi connectivity index (χ0n) is 8.12. The highest BCUT2D eigenvalue weighted by Crippen LogP contribution is 2.45. The maximum atomic E-state index is 13.5. The average molecular weight is 201 g/mol. The molecule has 0 saturated heterocycles. The standard InChI is InChI=1S/C9H12FNO3/c1-5-7-6(10)3-4-9(7,14-11-5)8(12)13-2/h6-7H,3-4H2,1-2H3. The lowest BCUT2D eigenvalue weighted by Gasteiger charge is -2.23. The molecular formula is C9H12FNO3. The van der Waals surface area contributed by atoms with Gasteiger partial charge in [-0.1, -0.05) is 5.16 Å². The number of esters is 1. The summed E-state index contributed by atoms with van der Waals surface area (Å²) in [5.74, 6) is -1.08. The highest BCUT2D eigenvalue weighted by Gasteiger charge is 2.62. The van der Waals surface area contributed by atoms with Crippen molar-refractivity contribution in [2.24, 2.45) is 11.1 Å². The van der Waals surface area contributed by atoms with Crippen LogP contribution < -0.4 is 0 Å². The average Bonchev–Trinajstić information content (AvgIpc) is 2.68. The van der Waals surface area contributed by atoms with Crippen LogP contribution in [0.15, 0.2) is 5.16 Å². The smallest absolute Gasteiger partial charge is 0.353 e. The van der Waals surface area contributed by atoms with E-state index in [9.17, 15) is 9.18 Å². The number of nitrogens with zero attached hydrogens (tertiary/aromatic N) is 1. The first kappa shape index (κ1) is 9.43. The molecular weight excluding hydrogens is 189 g/mol. The fourth-order valence-corrected chi connectivity index (χ4v) is 2.32. The number of methoxy groups -OCH3 is 1. The lowest BCUT2D eigenvalue weighted by Crippen LogP contribution is -2.45. The van der Waals surface area contributed by atoms with Gasteiger partial charge in [0.2, 0.25) is 5.60 Å². The monoisotopic (exact) mass is 201 g/mol. The van der Waals surface area contributed by atoms with Crippen LogP contribution in [0.1, 0.15) is 19.8 Å². The number of carbonyl (C=O) groups excluding carboxylic acids is 1. The number of ether oxygens (including phenoxy) is 1. The zero-order valence-corrected chi connectivity index (χ0v) is 8.12. The van der Waals surface area contributed by atoms with Crippen LogP contribution in [0.4, 0.5) is 4.39 Å². The molecule has 3 atom stereocenters. The van der Waals surface area contributed by atoms with Crippen LogP contribution in [-0.2, 0) is 14.4 Å². The second-order valence-corrected chi connectivity index (χ2v) is 3.74. The number of hydrogen-bond acceptors (Lipinski definition) is 4. The lowest BCUT2D eigenvalue weighted by molar-refractivity contribution is -0.169. The quantitative estimate of drug-likeness (QED) is 0.596. The highest BCUT2D eigenvalue weighted by atomic mass is 19.1. The van der Waals surface area contributed by atoms with Crippen LogP contribution in [0.5, 0.6) is 0 Å². The third-order valence-corrected chi connectivity index (χ3v) is 2.99. The Morgan fingerprint density at radius 2 is 2.50 bits per heavy atom. The molecule has 0 aromatic rings. The Kier molecular flexibility index (Phi) is 1.97. The largest absolute Gasteiger partial charge is 0.466 e. The van der Waals surface area contributed by atoms with Gasteiger partial charge in [-0.2, -0.15) is 0 Å². The van der Waals surface area contributed by atoms with Gasteiger partial charge in [0.25, 0.3) is 0 Å². The van der Waals surface area contributed by atoms with Crippen molar-refractivity contribution in [1.29, 1.82) is 0 Å². The molecule has 2 aliphatic rings. The molecule has 0 bridgehead atoms. The van der Waals surface area contributed by atoms with E-state index in [1.54, 1.807) is 6.92 Å².